The Hall–Kier alpha value is -1.30. The van der Waals surface area contributed by atoms with Gasteiger partial charge in [0.05, 0.1) is 12.7 Å². The fourth-order valence-corrected chi connectivity index (χ4v) is 2.87. The van der Waals surface area contributed by atoms with Crippen LogP contribution < -0.4 is 10.6 Å². The quantitative estimate of drug-likeness (QED) is 0.706. The smallest absolute Gasteiger partial charge is 0.404 e. The van der Waals surface area contributed by atoms with Gasteiger partial charge in [0.15, 0.2) is 0 Å². The highest BCUT2D eigenvalue weighted by molar-refractivity contribution is 6.30. The van der Waals surface area contributed by atoms with Crippen LogP contribution in [0.3, 0.4) is 0 Å². The van der Waals surface area contributed by atoms with Crippen molar-refractivity contribution in [1.82, 2.24) is 10.6 Å². The summed E-state index contributed by atoms with van der Waals surface area (Å²) >= 11 is 6.07. The number of ether oxygens (including phenoxy) is 1. The molecule has 5 nitrogen and oxygen atoms in total. The minimum Gasteiger partial charge on any atom is -0.465 e. The van der Waals surface area contributed by atoms with Crippen LogP contribution in [0.1, 0.15) is 24.5 Å². The van der Waals surface area contributed by atoms with Gasteiger partial charge in [-0.3, -0.25) is 0 Å². The van der Waals surface area contributed by atoms with E-state index < -0.39 is 6.09 Å². The highest BCUT2D eigenvalue weighted by Crippen LogP contribution is 2.31. The molecule has 3 N–H and O–H groups in total. The molecule has 1 saturated heterocycles. The van der Waals surface area contributed by atoms with Crippen molar-refractivity contribution < 1.29 is 14.6 Å². The summed E-state index contributed by atoms with van der Waals surface area (Å²) in [5, 5.41) is 15.0. The van der Waals surface area contributed by atoms with Crippen molar-refractivity contribution in [3.05, 3.63) is 34.9 Å². The van der Waals surface area contributed by atoms with Gasteiger partial charge in [0, 0.05) is 24.0 Å². The van der Waals surface area contributed by atoms with Gasteiger partial charge >= 0.3 is 6.09 Å². The Morgan fingerprint density at radius 2 is 2.43 bits per heavy atom. The standard InChI is InChI=1S/C15H21ClN2O3/c16-13-5-1-3-11(9-13)14(12-4-2-6-17-10-12)21-8-7-18-15(19)20/h1,3,5,9,12,14,17-18H,2,4,6-8,10H2,(H,19,20)/t12-,14+/m1/s1. The maximum atomic E-state index is 10.5. The number of piperidine rings is 1. The summed E-state index contributed by atoms with van der Waals surface area (Å²) in [5.41, 5.74) is 1.05. The van der Waals surface area contributed by atoms with E-state index in [1.807, 2.05) is 24.3 Å². The molecule has 1 fully saturated rings. The average Bonchev–Trinajstić information content (AvgIpc) is 2.48. The Morgan fingerprint density at radius 3 is 3.10 bits per heavy atom. The fraction of sp³-hybridized carbons (Fsp3) is 0.533. The normalized spacial score (nSPS) is 20.0. The van der Waals surface area contributed by atoms with Gasteiger partial charge in [-0.2, -0.15) is 0 Å². The second-order valence-corrected chi connectivity index (χ2v) is 5.62. The summed E-state index contributed by atoms with van der Waals surface area (Å²) in [4.78, 5) is 10.5. The van der Waals surface area contributed by atoms with E-state index in [1.165, 1.54) is 0 Å². The van der Waals surface area contributed by atoms with E-state index in [9.17, 15) is 4.79 Å². The lowest BCUT2D eigenvalue weighted by Crippen LogP contribution is -2.35. The predicted molar refractivity (Wildman–Crippen MR) is 81.8 cm³/mol. The Labute approximate surface area is 129 Å². The molecule has 1 aromatic carbocycles. The molecule has 1 amide bonds. The SMILES string of the molecule is O=C(O)NCCO[C@@H](c1cccc(Cl)c1)[C@@H]1CCCNC1. The first-order valence-corrected chi connectivity index (χ1v) is 7.59. The monoisotopic (exact) mass is 312 g/mol. The van der Waals surface area contributed by atoms with Gasteiger partial charge in [0.25, 0.3) is 0 Å². The fourth-order valence-electron chi connectivity index (χ4n) is 2.67. The van der Waals surface area contributed by atoms with Crippen molar-refractivity contribution in [2.24, 2.45) is 5.92 Å². The number of hydrogen-bond acceptors (Lipinski definition) is 3. The van der Waals surface area contributed by atoms with Crippen LogP contribution in [-0.2, 0) is 4.74 Å². The second kappa shape index (κ2) is 8.22. The molecule has 1 aromatic rings. The molecule has 21 heavy (non-hydrogen) atoms. The number of hydrogen-bond donors (Lipinski definition) is 3. The van der Waals surface area contributed by atoms with E-state index in [0.29, 0.717) is 17.5 Å². The van der Waals surface area contributed by atoms with Crippen molar-refractivity contribution in [2.45, 2.75) is 18.9 Å². The Kier molecular flexibility index (Phi) is 6.29. The Bertz CT molecular complexity index is 464. The molecule has 116 valence electrons. The molecule has 0 saturated carbocycles. The van der Waals surface area contributed by atoms with Gasteiger partial charge in [-0.1, -0.05) is 23.7 Å². The first-order chi connectivity index (χ1) is 10.2. The van der Waals surface area contributed by atoms with Crippen molar-refractivity contribution in [3.63, 3.8) is 0 Å². The topological polar surface area (TPSA) is 70.6 Å². The maximum absolute atomic E-state index is 10.5. The van der Waals surface area contributed by atoms with Gasteiger partial charge in [0.2, 0.25) is 0 Å². The third kappa shape index (κ3) is 5.19. The van der Waals surface area contributed by atoms with Gasteiger partial charge < -0.3 is 20.5 Å². The highest BCUT2D eigenvalue weighted by atomic mass is 35.5. The Balaban J connectivity index is 2.01. The second-order valence-electron chi connectivity index (χ2n) is 5.18. The summed E-state index contributed by atoms with van der Waals surface area (Å²) in [6, 6.07) is 7.69. The zero-order valence-corrected chi connectivity index (χ0v) is 12.6. The average molecular weight is 313 g/mol. The van der Waals surface area contributed by atoms with E-state index in [-0.39, 0.29) is 12.6 Å². The third-order valence-electron chi connectivity index (χ3n) is 3.62. The van der Waals surface area contributed by atoms with Gasteiger partial charge in [-0.15, -0.1) is 0 Å². The zero-order chi connectivity index (χ0) is 15.1. The highest BCUT2D eigenvalue weighted by Gasteiger charge is 2.25. The minimum atomic E-state index is -1.03. The molecule has 2 atom stereocenters. The number of carboxylic acid groups (broad SMARTS) is 1. The van der Waals surface area contributed by atoms with Crippen LogP contribution in [0.4, 0.5) is 4.79 Å². The van der Waals surface area contributed by atoms with Crippen LogP contribution in [0, 0.1) is 5.92 Å². The molecule has 0 aliphatic carbocycles. The van der Waals surface area contributed by atoms with Crippen LogP contribution in [0.25, 0.3) is 0 Å². The third-order valence-corrected chi connectivity index (χ3v) is 3.85. The van der Waals surface area contributed by atoms with Crippen molar-refractivity contribution in [3.8, 4) is 0 Å². The molecular formula is C15H21ClN2O3. The number of carbonyl (C=O) groups is 1. The number of halogens is 1. The molecule has 6 heteroatoms. The maximum Gasteiger partial charge on any atom is 0.404 e. The molecule has 1 heterocycles. The molecule has 2 rings (SSSR count). The molecule has 0 bridgehead atoms. The van der Waals surface area contributed by atoms with Crippen molar-refractivity contribution >= 4 is 17.7 Å². The van der Waals surface area contributed by atoms with E-state index in [0.717, 1.165) is 31.5 Å². The first-order valence-electron chi connectivity index (χ1n) is 7.21. The molecular weight excluding hydrogens is 292 g/mol. The van der Waals surface area contributed by atoms with Crippen molar-refractivity contribution in [1.29, 1.82) is 0 Å². The van der Waals surface area contributed by atoms with Crippen LogP contribution in [0.5, 0.6) is 0 Å². The van der Waals surface area contributed by atoms with Crippen LogP contribution in [0.2, 0.25) is 5.02 Å². The summed E-state index contributed by atoms with van der Waals surface area (Å²) in [5.74, 6) is 0.377. The van der Waals surface area contributed by atoms with E-state index in [4.69, 9.17) is 21.4 Å². The van der Waals surface area contributed by atoms with Gasteiger partial charge in [-0.25, -0.2) is 4.79 Å². The molecule has 0 unspecified atom stereocenters. The van der Waals surface area contributed by atoms with Crippen molar-refractivity contribution in [2.75, 3.05) is 26.2 Å². The number of nitrogens with one attached hydrogen (secondary N) is 2. The van der Waals surface area contributed by atoms with Gasteiger partial charge in [0.1, 0.15) is 0 Å². The molecule has 0 radical (unpaired) electrons. The lowest BCUT2D eigenvalue weighted by molar-refractivity contribution is 0.00494. The van der Waals surface area contributed by atoms with Crippen LogP contribution >= 0.6 is 11.6 Å². The van der Waals surface area contributed by atoms with E-state index in [2.05, 4.69) is 10.6 Å². The minimum absolute atomic E-state index is 0.0629. The summed E-state index contributed by atoms with van der Waals surface area (Å²) < 4.78 is 5.95. The van der Waals surface area contributed by atoms with E-state index >= 15 is 0 Å². The first kappa shape index (κ1) is 16.1. The summed E-state index contributed by atoms with van der Waals surface area (Å²) in [6.07, 6.45) is 1.12. The number of rotatable bonds is 6. The predicted octanol–water partition coefficient (Wildman–Crippen LogP) is 2.66. The molecule has 1 aliphatic rings. The van der Waals surface area contributed by atoms with Crippen LogP contribution in [0.15, 0.2) is 24.3 Å². The number of amides is 1. The number of benzene rings is 1. The largest absolute Gasteiger partial charge is 0.465 e. The van der Waals surface area contributed by atoms with Crippen LogP contribution in [-0.4, -0.2) is 37.4 Å². The van der Waals surface area contributed by atoms with E-state index in [1.54, 1.807) is 0 Å². The molecule has 1 aliphatic heterocycles. The lowest BCUT2D eigenvalue weighted by atomic mass is 9.89. The molecule has 0 spiro atoms. The summed E-state index contributed by atoms with van der Waals surface area (Å²) in [7, 11) is 0. The lowest BCUT2D eigenvalue weighted by Gasteiger charge is -2.31. The van der Waals surface area contributed by atoms with Gasteiger partial charge in [-0.05, 0) is 37.1 Å². The zero-order valence-electron chi connectivity index (χ0n) is 11.8. The molecule has 0 aromatic heterocycles. The Morgan fingerprint density at radius 1 is 1.57 bits per heavy atom. The summed E-state index contributed by atoms with van der Waals surface area (Å²) in [6.45, 7) is 2.58.